The zero-order valence-electron chi connectivity index (χ0n) is 21.9. The third-order valence-electron chi connectivity index (χ3n) is 6.98. The van der Waals surface area contributed by atoms with Gasteiger partial charge in [-0.2, -0.15) is 0 Å². The number of hydrogen-bond donors (Lipinski definition) is 4. The van der Waals surface area contributed by atoms with Crippen LogP contribution in [0, 0.1) is 16.6 Å². The lowest BCUT2D eigenvalue weighted by atomic mass is 9.71. The summed E-state index contributed by atoms with van der Waals surface area (Å²) in [5.74, 6) is -0.364. The number of carbonyl (C=O) groups excluding carboxylic acids is 1. The minimum absolute atomic E-state index is 0.0344. The monoisotopic (exact) mass is 503 g/mol. The van der Waals surface area contributed by atoms with Gasteiger partial charge < -0.3 is 21.1 Å². The van der Waals surface area contributed by atoms with E-state index in [1.807, 2.05) is 44.2 Å². The van der Waals surface area contributed by atoms with Crippen LogP contribution in [0.3, 0.4) is 0 Å². The highest BCUT2D eigenvalue weighted by atomic mass is 19.1. The fourth-order valence-electron chi connectivity index (χ4n) is 4.76. The Hall–Kier alpha value is -3.51. The fraction of sp³-hybridized carbons (Fsp3) is 0.355. The lowest BCUT2D eigenvalue weighted by Crippen LogP contribution is -2.48. The maximum atomic E-state index is 13.4. The van der Waals surface area contributed by atoms with Crippen LogP contribution in [0.4, 0.5) is 15.8 Å². The number of hydrogen-bond acceptors (Lipinski definition) is 4. The molecule has 1 amide bonds. The molecule has 3 aromatic carbocycles. The van der Waals surface area contributed by atoms with Crippen molar-refractivity contribution in [2.75, 3.05) is 5.32 Å². The van der Waals surface area contributed by atoms with Gasteiger partial charge in [0.15, 0.2) is 0 Å². The molecule has 0 bridgehead atoms. The highest BCUT2D eigenvalue weighted by molar-refractivity contribution is 5.83. The van der Waals surface area contributed by atoms with E-state index in [-0.39, 0.29) is 23.7 Å². The van der Waals surface area contributed by atoms with Gasteiger partial charge in [0.2, 0.25) is 5.91 Å². The van der Waals surface area contributed by atoms with Gasteiger partial charge in [-0.1, -0.05) is 56.3 Å². The van der Waals surface area contributed by atoms with Crippen LogP contribution in [-0.4, -0.2) is 29.4 Å². The zero-order valence-corrected chi connectivity index (χ0v) is 21.9. The average molecular weight is 504 g/mol. The first-order valence-corrected chi connectivity index (χ1v) is 12.8. The molecule has 37 heavy (non-hydrogen) atoms. The maximum Gasteiger partial charge on any atom is 0.226 e. The van der Waals surface area contributed by atoms with Gasteiger partial charge in [0.25, 0.3) is 0 Å². The van der Waals surface area contributed by atoms with Crippen molar-refractivity contribution in [2.24, 2.45) is 5.41 Å². The van der Waals surface area contributed by atoms with E-state index in [9.17, 15) is 14.3 Å². The smallest absolute Gasteiger partial charge is 0.226 e. The molecular formula is C31H38FN3O2. The van der Waals surface area contributed by atoms with Crippen molar-refractivity contribution in [3.8, 4) is 0 Å². The molecule has 4 rings (SSSR count). The Balaban J connectivity index is 0.00000121. The molecule has 4 N–H and O–H groups in total. The molecule has 3 atom stereocenters. The number of carbonyl (C=O) groups is 1. The molecule has 0 heterocycles. The van der Waals surface area contributed by atoms with Crippen molar-refractivity contribution in [1.29, 1.82) is 5.41 Å². The standard InChI is InChI=1S/C29H33FN2O2.C2H5N/c1-29(2,28(34)32-26-9-6-10-27(26)33)25(19-20-7-4-3-5-8-20)21-11-15-23(16-12-21)31-24-17-13-22(30)14-18-24;1-2-3/h3-5,7-8,11-18,25-27,31,33H,6,9-10,19H2,1-2H3,(H,32,34);2-3H,1H3. The summed E-state index contributed by atoms with van der Waals surface area (Å²) >= 11 is 0. The molecule has 1 fully saturated rings. The number of amides is 1. The minimum Gasteiger partial charge on any atom is -0.391 e. The van der Waals surface area contributed by atoms with Crippen LogP contribution in [0.25, 0.3) is 0 Å². The van der Waals surface area contributed by atoms with Crippen LogP contribution < -0.4 is 10.6 Å². The Labute approximate surface area is 219 Å². The van der Waals surface area contributed by atoms with Gasteiger partial charge in [-0.05, 0) is 86.3 Å². The normalized spacial score (nSPS) is 17.8. The second-order valence-corrected chi connectivity index (χ2v) is 10.1. The molecule has 0 saturated heterocycles. The van der Waals surface area contributed by atoms with E-state index in [2.05, 4.69) is 34.9 Å². The molecule has 0 aromatic heterocycles. The van der Waals surface area contributed by atoms with Crippen molar-refractivity contribution in [2.45, 2.75) is 64.5 Å². The summed E-state index contributed by atoms with van der Waals surface area (Å²) in [6.45, 7) is 5.64. The van der Waals surface area contributed by atoms with E-state index in [0.717, 1.165) is 42.6 Å². The Morgan fingerprint density at radius 2 is 1.59 bits per heavy atom. The average Bonchev–Trinajstić information content (AvgIpc) is 3.29. The molecule has 0 spiro atoms. The van der Waals surface area contributed by atoms with Crippen molar-refractivity contribution >= 4 is 23.5 Å². The first-order valence-electron chi connectivity index (χ1n) is 12.8. The summed E-state index contributed by atoms with van der Waals surface area (Å²) in [6.07, 6.45) is 3.99. The Morgan fingerprint density at radius 1 is 1.03 bits per heavy atom. The van der Waals surface area contributed by atoms with E-state index in [1.54, 1.807) is 19.1 Å². The van der Waals surface area contributed by atoms with Gasteiger partial charge >= 0.3 is 0 Å². The van der Waals surface area contributed by atoms with Crippen LogP contribution >= 0.6 is 0 Å². The number of aliphatic hydroxyl groups excluding tert-OH is 1. The predicted octanol–water partition coefficient (Wildman–Crippen LogP) is 6.61. The largest absolute Gasteiger partial charge is 0.391 e. The molecule has 5 nitrogen and oxygen atoms in total. The third-order valence-corrected chi connectivity index (χ3v) is 6.98. The number of benzene rings is 3. The molecule has 0 aliphatic heterocycles. The van der Waals surface area contributed by atoms with E-state index < -0.39 is 11.5 Å². The van der Waals surface area contributed by atoms with E-state index in [1.165, 1.54) is 23.9 Å². The highest BCUT2D eigenvalue weighted by Gasteiger charge is 2.40. The molecular weight excluding hydrogens is 465 g/mol. The van der Waals surface area contributed by atoms with Gasteiger partial charge in [-0.3, -0.25) is 4.79 Å². The molecule has 3 aromatic rings. The minimum atomic E-state index is -0.690. The van der Waals surface area contributed by atoms with E-state index >= 15 is 0 Å². The summed E-state index contributed by atoms with van der Waals surface area (Å²) in [5, 5.41) is 22.7. The topological polar surface area (TPSA) is 85.2 Å². The van der Waals surface area contributed by atoms with Crippen LogP contribution in [-0.2, 0) is 11.2 Å². The molecule has 1 saturated carbocycles. The van der Waals surface area contributed by atoms with Crippen molar-refractivity contribution in [3.05, 3.63) is 95.8 Å². The maximum absolute atomic E-state index is 13.4. The zero-order chi connectivity index (χ0) is 26.8. The van der Waals surface area contributed by atoms with Crippen LogP contribution in [0.2, 0.25) is 0 Å². The molecule has 3 unspecified atom stereocenters. The molecule has 6 heteroatoms. The fourth-order valence-corrected chi connectivity index (χ4v) is 4.76. The Morgan fingerprint density at radius 3 is 2.14 bits per heavy atom. The summed E-state index contributed by atoms with van der Waals surface area (Å²) in [4.78, 5) is 13.4. The van der Waals surface area contributed by atoms with Gasteiger partial charge in [0.05, 0.1) is 17.6 Å². The molecule has 0 radical (unpaired) electrons. The summed E-state index contributed by atoms with van der Waals surface area (Å²) in [7, 11) is 0. The SMILES string of the molecule is CC(C)(C(=O)NC1CCCC1O)C(Cc1ccccc1)c1ccc(Nc2ccc(F)cc2)cc1.CC=N. The Kier molecular flexibility index (Phi) is 9.98. The summed E-state index contributed by atoms with van der Waals surface area (Å²) < 4.78 is 13.2. The van der Waals surface area contributed by atoms with Crippen molar-refractivity contribution in [3.63, 3.8) is 0 Å². The summed E-state index contributed by atoms with van der Waals surface area (Å²) in [6, 6.07) is 24.4. The number of rotatable bonds is 8. The lowest BCUT2D eigenvalue weighted by Gasteiger charge is -2.35. The molecule has 196 valence electrons. The van der Waals surface area contributed by atoms with E-state index in [0.29, 0.717) is 0 Å². The predicted molar refractivity (Wildman–Crippen MR) is 149 cm³/mol. The van der Waals surface area contributed by atoms with Crippen molar-refractivity contribution < 1.29 is 14.3 Å². The van der Waals surface area contributed by atoms with Gasteiger partial charge in [-0.25, -0.2) is 4.39 Å². The second kappa shape index (κ2) is 13.2. The summed E-state index contributed by atoms with van der Waals surface area (Å²) in [5.41, 5.74) is 3.25. The van der Waals surface area contributed by atoms with Gasteiger partial charge in [-0.15, -0.1) is 0 Å². The quantitative estimate of drug-likeness (QED) is 0.261. The van der Waals surface area contributed by atoms with Crippen LogP contribution in [0.5, 0.6) is 0 Å². The number of anilines is 2. The first kappa shape index (κ1) is 28.1. The number of halogens is 1. The van der Waals surface area contributed by atoms with Crippen molar-refractivity contribution in [1.82, 2.24) is 5.32 Å². The van der Waals surface area contributed by atoms with Crippen LogP contribution in [0.15, 0.2) is 78.9 Å². The number of nitrogens with one attached hydrogen (secondary N) is 3. The highest BCUT2D eigenvalue weighted by Crippen LogP contribution is 2.39. The lowest BCUT2D eigenvalue weighted by molar-refractivity contribution is -0.132. The third kappa shape index (κ3) is 7.73. The molecule has 1 aliphatic carbocycles. The van der Waals surface area contributed by atoms with Gasteiger partial charge in [0, 0.05) is 17.3 Å². The Bertz CT molecular complexity index is 1130. The first-order chi connectivity index (χ1) is 17.7. The second-order valence-electron chi connectivity index (χ2n) is 10.1. The number of aliphatic hydroxyl groups is 1. The van der Waals surface area contributed by atoms with Crippen LogP contribution in [0.1, 0.15) is 57.1 Å². The van der Waals surface area contributed by atoms with E-state index in [4.69, 9.17) is 5.41 Å². The van der Waals surface area contributed by atoms with Gasteiger partial charge in [0.1, 0.15) is 5.82 Å². The molecule has 1 aliphatic rings.